The zero-order chi connectivity index (χ0) is 19.5. The maximum absolute atomic E-state index is 4.73. The van der Waals surface area contributed by atoms with Gasteiger partial charge in [-0.3, -0.25) is 4.99 Å². The highest BCUT2D eigenvalue weighted by molar-refractivity contribution is 14.0. The molecule has 2 N–H and O–H groups in total. The SMILES string of the molecule is CCNC(=NCCN(CC)c1ccccc1C)NCCn1cnnc1CC.I. The van der Waals surface area contributed by atoms with Crippen molar-refractivity contribution in [3.8, 4) is 0 Å². The Morgan fingerprint density at radius 1 is 1.18 bits per heavy atom. The number of nitrogens with one attached hydrogen (secondary N) is 2. The van der Waals surface area contributed by atoms with Crippen molar-refractivity contribution in [1.29, 1.82) is 0 Å². The van der Waals surface area contributed by atoms with Gasteiger partial charge >= 0.3 is 0 Å². The minimum Gasteiger partial charge on any atom is -0.370 e. The van der Waals surface area contributed by atoms with Gasteiger partial charge in [-0.25, -0.2) is 0 Å². The van der Waals surface area contributed by atoms with E-state index < -0.39 is 0 Å². The summed E-state index contributed by atoms with van der Waals surface area (Å²) >= 11 is 0. The molecule has 28 heavy (non-hydrogen) atoms. The number of aliphatic imine (C=N–C) groups is 1. The first-order valence-electron chi connectivity index (χ1n) is 9.89. The van der Waals surface area contributed by atoms with E-state index in [-0.39, 0.29) is 24.0 Å². The third kappa shape index (κ3) is 7.29. The van der Waals surface area contributed by atoms with Crippen LogP contribution in [0.4, 0.5) is 5.69 Å². The predicted octanol–water partition coefficient (Wildman–Crippen LogP) is 2.85. The number of nitrogens with zero attached hydrogens (tertiary/aromatic N) is 5. The maximum Gasteiger partial charge on any atom is 0.191 e. The zero-order valence-corrected chi connectivity index (χ0v) is 19.8. The van der Waals surface area contributed by atoms with Gasteiger partial charge in [-0.05, 0) is 32.4 Å². The van der Waals surface area contributed by atoms with Crippen molar-refractivity contribution < 1.29 is 0 Å². The molecule has 0 fully saturated rings. The summed E-state index contributed by atoms with van der Waals surface area (Å²) in [5.41, 5.74) is 2.59. The largest absolute Gasteiger partial charge is 0.370 e. The number of rotatable bonds is 10. The monoisotopic (exact) mass is 499 g/mol. The molecule has 0 unspecified atom stereocenters. The minimum absolute atomic E-state index is 0. The van der Waals surface area contributed by atoms with Crippen LogP contribution in [0.25, 0.3) is 0 Å². The zero-order valence-electron chi connectivity index (χ0n) is 17.5. The van der Waals surface area contributed by atoms with Gasteiger partial charge in [0.2, 0.25) is 0 Å². The molecule has 0 amide bonds. The number of para-hydroxylation sites is 1. The summed E-state index contributed by atoms with van der Waals surface area (Å²) < 4.78 is 2.08. The van der Waals surface area contributed by atoms with Crippen LogP contribution in [0.1, 0.15) is 32.2 Å². The Labute approximate surface area is 186 Å². The summed E-state index contributed by atoms with van der Waals surface area (Å²) in [5, 5.41) is 14.8. The number of benzene rings is 1. The third-order valence-electron chi connectivity index (χ3n) is 4.48. The van der Waals surface area contributed by atoms with Crippen LogP contribution in [0.5, 0.6) is 0 Å². The number of halogens is 1. The van der Waals surface area contributed by atoms with E-state index in [1.54, 1.807) is 6.33 Å². The molecule has 1 aromatic heterocycles. The second kappa shape index (κ2) is 13.4. The fourth-order valence-electron chi connectivity index (χ4n) is 3.03. The first-order valence-corrected chi connectivity index (χ1v) is 9.89. The number of likely N-dealkylation sites (N-methyl/N-ethyl adjacent to an activating group) is 1. The highest BCUT2D eigenvalue weighted by Gasteiger charge is 2.07. The van der Waals surface area contributed by atoms with E-state index in [4.69, 9.17) is 4.99 Å². The van der Waals surface area contributed by atoms with Gasteiger partial charge in [0.25, 0.3) is 0 Å². The number of guanidine groups is 1. The summed E-state index contributed by atoms with van der Waals surface area (Å²) in [6.07, 6.45) is 2.67. The Hall–Kier alpha value is -1.84. The Morgan fingerprint density at radius 2 is 1.96 bits per heavy atom. The van der Waals surface area contributed by atoms with E-state index in [1.165, 1.54) is 11.3 Å². The molecule has 0 atom stereocenters. The number of hydrogen-bond donors (Lipinski definition) is 2. The van der Waals surface area contributed by atoms with Crippen LogP contribution < -0.4 is 15.5 Å². The first-order chi connectivity index (χ1) is 13.2. The molecule has 156 valence electrons. The number of aryl methyl sites for hydroxylation is 2. The van der Waals surface area contributed by atoms with Crippen molar-refractivity contribution in [3.05, 3.63) is 42.0 Å². The Morgan fingerprint density at radius 3 is 2.64 bits per heavy atom. The van der Waals surface area contributed by atoms with E-state index in [0.29, 0.717) is 0 Å². The molecular weight excluding hydrogens is 465 g/mol. The minimum atomic E-state index is 0. The molecule has 0 bridgehead atoms. The van der Waals surface area contributed by atoms with Crippen LogP contribution in [0.3, 0.4) is 0 Å². The van der Waals surface area contributed by atoms with Gasteiger partial charge in [-0.2, -0.15) is 0 Å². The molecule has 0 aliphatic rings. The van der Waals surface area contributed by atoms with Crippen molar-refractivity contribution in [2.45, 2.75) is 40.7 Å². The van der Waals surface area contributed by atoms with E-state index in [0.717, 1.165) is 57.5 Å². The molecule has 0 aliphatic carbocycles. The lowest BCUT2D eigenvalue weighted by molar-refractivity contribution is 0.632. The van der Waals surface area contributed by atoms with E-state index in [1.807, 2.05) is 0 Å². The topological polar surface area (TPSA) is 70.4 Å². The molecule has 1 aromatic carbocycles. The molecular formula is C20H34IN7. The van der Waals surface area contributed by atoms with E-state index >= 15 is 0 Å². The van der Waals surface area contributed by atoms with Crippen LogP contribution in [0, 0.1) is 6.92 Å². The standard InChI is InChI=1S/C20H33N7.HI/c1-5-19-25-24-16-27(19)15-13-23-20(21-6-2)22-12-14-26(7-3)18-11-9-8-10-17(18)4;/h8-11,16H,5-7,12-15H2,1-4H3,(H2,21,22,23);1H. The highest BCUT2D eigenvalue weighted by Crippen LogP contribution is 2.18. The van der Waals surface area contributed by atoms with Gasteiger partial charge in [-0.1, -0.05) is 25.1 Å². The highest BCUT2D eigenvalue weighted by atomic mass is 127. The van der Waals surface area contributed by atoms with Crippen LogP contribution in [-0.4, -0.2) is 53.4 Å². The molecule has 0 aliphatic heterocycles. The third-order valence-corrected chi connectivity index (χ3v) is 4.48. The van der Waals surface area contributed by atoms with Gasteiger partial charge in [0.05, 0.1) is 6.54 Å². The molecule has 2 rings (SSSR count). The summed E-state index contributed by atoms with van der Waals surface area (Å²) in [5.74, 6) is 1.86. The molecule has 0 spiro atoms. The molecule has 2 aromatic rings. The van der Waals surface area contributed by atoms with Crippen molar-refractivity contribution in [3.63, 3.8) is 0 Å². The smallest absolute Gasteiger partial charge is 0.191 e. The van der Waals surface area contributed by atoms with Crippen molar-refractivity contribution in [2.24, 2.45) is 4.99 Å². The fourth-order valence-corrected chi connectivity index (χ4v) is 3.03. The van der Waals surface area contributed by atoms with Crippen LogP contribution in [-0.2, 0) is 13.0 Å². The van der Waals surface area contributed by atoms with Crippen molar-refractivity contribution >= 4 is 35.6 Å². The number of aromatic nitrogens is 3. The van der Waals surface area contributed by atoms with Gasteiger partial charge < -0.3 is 20.1 Å². The second-order valence-electron chi connectivity index (χ2n) is 6.35. The summed E-state index contributed by atoms with van der Waals surface area (Å²) in [4.78, 5) is 7.10. The van der Waals surface area contributed by atoms with Crippen LogP contribution >= 0.6 is 24.0 Å². The molecule has 1 heterocycles. The average molecular weight is 499 g/mol. The first kappa shape index (κ1) is 24.2. The lowest BCUT2D eigenvalue weighted by Crippen LogP contribution is -2.39. The molecule has 7 nitrogen and oxygen atoms in total. The lowest BCUT2D eigenvalue weighted by Gasteiger charge is -2.24. The lowest BCUT2D eigenvalue weighted by atomic mass is 10.2. The van der Waals surface area contributed by atoms with Crippen LogP contribution in [0.2, 0.25) is 0 Å². The summed E-state index contributed by atoms with van der Waals surface area (Å²) in [6.45, 7) is 13.6. The van der Waals surface area contributed by atoms with E-state index in [9.17, 15) is 0 Å². The van der Waals surface area contributed by atoms with Crippen LogP contribution in [0.15, 0.2) is 35.6 Å². The number of anilines is 1. The number of hydrogen-bond acceptors (Lipinski definition) is 4. The van der Waals surface area contributed by atoms with Gasteiger partial charge in [-0.15, -0.1) is 34.2 Å². The molecule has 0 radical (unpaired) electrons. The summed E-state index contributed by atoms with van der Waals surface area (Å²) in [7, 11) is 0. The fraction of sp³-hybridized carbons (Fsp3) is 0.550. The van der Waals surface area contributed by atoms with E-state index in [2.05, 4.69) is 82.3 Å². The Balaban J connectivity index is 0.00000392. The second-order valence-corrected chi connectivity index (χ2v) is 6.35. The van der Waals surface area contributed by atoms with Crippen molar-refractivity contribution in [2.75, 3.05) is 37.6 Å². The Bertz CT molecular complexity index is 714. The molecule has 8 heteroatoms. The predicted molar refractivity (Wildman–Crippen MR) is 128 cm³/mol. The maximum atomic E-state index is 4.73. The average Bonchev–Trinajstić information content (AvgIpc) is 3.13. The summed E-state index contributed by atoms with van der Waals surface area (Å²) in [6, 6.07) is 8.51. The van der Waals surface area contributed by atoms with Gasteiger partial charge in [0, 0.05) is 44.8 Å². The van der Waals surface area contributed by atoms with Crippen molar-refractivity contribution in [1.82, 2.24) is 25.4 Å². The molecule has 0 saturated carbocycles. The Kier molecular flexibility index (Phi) is 11.5. The molecule has 0 saturated heterocycles. The van der Waals surface area contributed by atoms with Gasteiger partial charge in [0.1, 0.15) is 12.2 Å². The normalized spacial score (nSPS) is 11.1. The van der Waals surface area contributed by atoms with Gasteiger partial charge in [0.15, 0.2) is 5.96 Å². The quantitative estimate of drug-likeness (QED) is 0.299.